The highest BCUT2D eigenvalue weighted by Crippen LogP contribution is 2.46. The zero-order chi connectivity index (χ0) is 25.0. The Morgan fingerprint density at radius 3 is 2.15 bits per heavy atom. The summed E-state index contributed by atoms with van der Waals surface area (Å²) >= 11 is 3.26. The first-order valence-corrected chi connectivity index (χ1v) is 9.76. The first-order valence-electron chi connectivity index (χ1n) is 8.97. The molecule has 0 saturated carbocycles. The van der Waals surface area contributed by atoms with E-state index in [2.05, 4.69) is 26.5 Å². The molecule has 0 aliphatic rings. The Kier molecular flexibility index (Phi) is 7.88. The highest BCUT2D eigenvalue weighted by Gasteiger charge is 2.76. The van der Waals surface area contributed by atoms with Gasteiger partial charge in [-0.25, -0.2) is 5.43 Å². The molecule has 0 aromatic heterocycles. The van der Waals surface area contributed by atoms with Crippen LogP contribution in [0.4, 0.5) is 36.4 Å². The minimum absolute atomic E-state index is 0.00264. The van der Waals surface area contributed by atoms with E-state index in [0.29, 0.717) is 5.56 Å². The molecule has 0 saturated heterocycles. The minimum Gasteiger partial charge on any atom is -0.321 e. The summed E-state index contributed by atoms with van der Waals surface area (Å²) in [6, 6.07) is 11.5. The Bertz CT molecular complexity index is 1050. The van der Waals surface area contributed by atoms with E-state index >= 15 is 0 Å². The fourth-order valence-corrected chi connectivity index (χ4v) is 2.65. The summed E-state index contributed by atoms with van der Waals surface area (Å²) in [6.45, 7) is 1.41. The van der Waals surface area contributed by atoms with Gasteiger partial charge in [-0.05, 0) is 42.3 Å². The van der Waals surface area contributed by atoms with Gasteiger partial charge in [0.2, 0.25) is 5.91 Å². The van der Waals surface area contributed by atoms with Gasteiger partial charge >= 0.3 is 23.9 Å². The number of carbonyl (C=O) groups excluding carboxylic acids is 2. The number of hydrogen-bond donors (Lipinski definition) is 2. The summed E-state index contributed by atoms with van der Waals surface area (Å²) in [4.78, 5) is 23.5. The van der Waals surface area contributed by atoms with E-state index in [1.54, 1.807) is 24.3 Å². The normalized spacial score (nSPS) is 12.9. The summed E-state index contributed by atoms with van der Waals surface area (Å²) < 4.78 is 90.6. The third-order valence-electron chi connectivity index (χ3n) is 4.20. The van der Waals surface area contributed by atoms with Crippen molar-refractivity contribution in [3.8, 4) is 0 Å². The maximum Gasteiger partial charge on any atom is 0.460 e. The summed E-state index contributed by atoms with van der Waals surface area (Å²) in [5.74, 6) is -15.9. The summed E-state index contributed by atoms with van der Waals surface area (Å²) in [7, 11) is 0. The Morgan fingerprint density at radius 2 is 1.58 bits per heavy atom. The van der Waals surface area contributed by atoms with Crippen LogP contribution in [0.1, 0.15) is 18.1 Å². The lowest BCUT2D eigenvalue weighted by Crippen LogP contribution is -2.57. The van der Waals surface area contributed by atoms with Gasteiger partial charge in [0.1, 0.15) is 0 Å². The molecule has 33 heavy (non-hydrogen) atoms. The molecule has 13 heteroatoms. The Hall–Kier alpha value is -2.96. The summed E-state index contributed by atoms with van der Waals surface area (Å²) in [5, 5.41) is 5.17. The van der Waals surface area contributed by atoms with Crippen LogP contribution < -0.4 is 10.7 Å². The number of hydrogen-bond acceptors (Lipinski definition) is 3. The Labute approximate surface area is 191 Å². The summed E-state index contributed by atoms with van der Waals surface area (Å²) in [5.41, 5.74) is 2.80. The van der Waals surface area contributed by atoms with Gasteiger partial charge in [0.15, 0.2) is 0 Å². The van der Waals surface area contributed by atoms with Gasteiger partial charge in [0, 0.05) is 10.2 Å². The SMILES string of the molecule is C/C(=N\NC(=O)Cc1ccc(Br)cc1)c1cccc(NC(=O)C(F)(F)C(F)(F)C(F)(F)F)c1. The second-order valence-electron chi connectivity index (χ2n) is 6.72. The maximum atomic E-state index is 13.5. The lowest BCUT2D eigenvalue weighted by molar-refractivity contribution is -0.343. The fourth-order valence-electron chi connectivity index (χ4n) is 2.39. The second kappa shape index (κ2) is 9.89. The van der Waals surface area contributed by atoms with E-state index in [1.165, 1.54) is 24.4 Å². The number of alkyl halides is 7. The van der Waals surface area contributed by atoms with Crippen molar-refractivity contribution in [2.45, 2.75) is 31.4 Å². The van der Waals surface area contributed by atoms with Crippen molar-refractivity contribution in [1.82, 2.24) is 5.43 Å². The Morgan fingerprint density at radius 1 is 0.970 bits per heavy atom. The van der Waals surface area contributed by atoms with Crippen LogP contribution in [-0.4, -0.2) is 35.5 Å². The van der Waals surface area contributed by atoms with Gasteiger partial charge in [-0.2, -0.15) is 35.8 Å². The zero-order valence-electron chi connectivity index (χ0n) is 16.6. The number of rotatable bonds is 7. The van der Waals surface area contributed by atoms with E-state index in [4.69, 9.17) is 0 Å². The smallest absolute Gasteiger partial charge is 0.321 e. The van der Waals surface area contributed by atoms with Gasteiger partial charge in [0.05, 0.1) is 12.1 Å². The third-order valence-corrected chi connectivity index (χ3v) is 4.73. The highest BCUT2D eigenvalue weighted by atomic mass is 79.9. The van der Waals surface area contributed by atoms with Crippen LogP contribution in [0.2, 0.25) is 0 Å². The molecule has 2 N–H and O–H groups in total. The summed E-state index contributed by atoms with van der Waals surface area (Å²) in [6.07, 6.45) is -6.63. The predicted octanol–water partition coefficient (Wildman–Crippen LogP) is 5.30. The van der Waals surface area contributed by atoms with E-state index in [-0.39, 0.29) is 17.7 Å². The van der Waals surface area contributed by atoms with Gasteiger partial charge in [-0.15, -0.1) is 0 Å². The van der Waals surface area contributed by atoms with Crippen molar-refractivity contribution in [2.24, 2.45) is 5.10 Å². The number of carbonyl (C=O) groups is 2. The lowest BCUT2D eigenvalue weighted by Gasteiger charge is -2.27. The maximum absolute atomic E-state index is 13.5. The molecule has 0 aliphatic heterocycles. The molecule has 178 valence electrons. The molecule has 0 atom stereocenters. The van der Waals surface area contributed by atoms with Crippen molar-refractivity contribution in [2.75, 3.05) is 5.32 Å². The average Bonchev–Trinajstić information content (AvgIpc) is 2.73. The average molecular weight is 542 g/mol. The van der Waals surface area contributed by atoms with Gasteiger partial charge in [-0.3, -0.25) is 9.59 Å². The second-order valence-corrected chi connectivity index (χ2v) is 7.63. The molecule has 0 spiro atoms. The highest BCUT2D eigenvalue weighted by molar-refractivity contribution is 9.10. The van der Waals surface area contributed by atoms with Crippen molar-refractivity contribution in [1.29, 1.82) is 0 Å². The molecule has 0 bridgehead atoms. The van der Waals surface area contributed by atoms with Crippen LogP contribution in [0.15, 0.2) is 58.1 Å². The Balaban J connectivity index is 2.09. The van der Waals surface area contributed by atoms with Gasteiger partial charge in [-0.1, -0.05) is 40.2 Å². The van der Waals surface area contributed by atoms with Crippen LogP contribution in [0, 0.1) is 0 Å². The number of nitrogens with one attached hydrogen (secondary N) is 2. The first kappa shape index (κ1) is 26.3. The number of halogens is 8. The molecule has 5 nitrogen and oxygen atoms in total. The third kappa shape index (κ3) is 6.30. The number of amides is 2. The lowest BCUT2D eigenvalue weighted by atomic mass is 10.1. The van der Waals surface area contributed by atoms with E-state index < -0.39 is 35.5 Å². The standard InChI is InChI=1S/C20H15BrF7N3O2/c1-11(30-31-16(32)9-12-5-7-14(21)8-6-12)13-3-2-4-15(10-13)29-17(33)18(22,23)19(24,25)20(26,27)28/h2-8,10H,9H2,1H3,(H,29,33)(H,31,32)/b30-11+. The van der Waals surface area contributed by atoms with E-state index in [0.717, 1.165) is 16.6 Å². The molecular weight excluding hydrogens is 527 g/mol. The zero-order valence-corrected chi connectivity index (χ0v) is 18.2. The van der Waals surface area contributed by atoms with Gasteiger partial charge in [0.25, 0.3) is 0 Å². The van der Waals surface area contributed by atoms with Crippen molar-refractivity contribution < 1.29 is 40.3 Å². The fraction of sp³-hybridized carbons (Fsp3) is 0.250. The molecule has 2 amide bonds. The van der Waals surface area contributed by atoms with Crippen LogP contribution in [0.25, 0.3) is 0 Å². The first-order chi connectivity index (χ1) is 15.1. The topological polar surface area (TPSA) is 70.6 Å². The molecule has 0 unspecified atom stereocenters. The quantitative estimate of drug-likeness (QED) is 0.283. The largest absolute Gasteiger partial charge is 0.460 e. The monoisotopic (exact) mass is 541 g/mol. The number of benzene rings is 2. The molecule has 2 aromatic rings. The molecule has 0 radical (unpaired) electrons. The van der Waals surface area contributed by atoms with Crippen LogP contribution in [0.3, 0.4) is 0 Å². The van der Waals surface area contributed by atoms with Crippen molar-refractivity contribution >= 4 is 39.1 Å². The van der Waals surface area contributed by atoms with E-state index in [9.17, 15) is 40.3 Å². The molecule has 0 fully saturated rings. The van der Waals surface area contributed by atoms with Crippen LogP contribution in [-0.2, 0) is 16.0 Å². The number of nitrogens with zero attached hydrogens (tertiary/aromatic N) is 1. The molecular formula is C20H15BrF7N3O2. The molecule has 2 rings (SSSR count). The molecule has 2 aromatic carbocycles. The van der Waals surface area contributed by atoms with Crippen molar-refractivity contribution in [3.63, 3.8) is 0 Å². The van der Waals surface area contributed by atoms with Gasteiger partial charge < -0.3 is 5.32 Å². The number of hydrazone groups is 1. The minimum atomic E-state index is -6.63. The van der Waals surface area contributed by atoms with Crippen LogP contribution in [0.5, 0.6) is 0 Å². The van der Waals surface area contributed by atoms with E-state index in [1.807, 2.05) is 0 Å². The molecule has 0 aliphatic carbocycles. The predicted molar refractivity (Wildman–Crippen MR) is 109 cm³/mol. The van der Waals surface area contributed by atoms with Crippen LogP contribution >= 0.6 is 15.9 Å². The molecule has 0 heterocycles. The van der Waals surface area contributed by atoms with Crippen molar-refractivity contribution in [3.05, 3.63) is 64.1 Å². The number of anilines is 1.